The Kier molecular flexibility index (Phi) is 9.11. The minimum Gasteiger partial charge on any atom is -0.497 e. The van der Waals surface area contributed by atoms with Crippen LogP contribution in [0, 0.1) is 11.8 Å². The number of benzene rings is 2. The lowest BCUT2D eigenvalue weighted by Gasteiger charge is -2.16. The summed E-state index contributed by atoms with van der Waals surface area (Å²) in [6, 6.07) is 16.1. The molecule has 2 aromatic heterocycles. The molecule has 5 rings (SSSR count). The highest BCUT2D eigenvalue weighted by molar-refractivity contribution is 6.03. The summed E-state index contributed by atoms with van der Waals surface area (Å²) in [5.41, 5.74) is 2.01. The van der Waals surface area contributed by atoms with Crippen LogP contribution in [-0.4, -0.2) is 73.6 Å². The lowest BCUT2D eigenvalue weighted by atomic mass is 10.1. The van der Waals surface area contributed by atoms with Crippen molar-refractivity contribution in [3.8, 4) is 17.6 Å². The molecule has 1 aliphatic heterocycles. The zero-order valence-corrected chi connectivity index (χ0v) is 23.5. The number of aliphatic hydroxyl groups excluding tert-OH is 2. The van der Waals surface area contributed by atoms with Crippen LogP contribution in [0.3, 0.4) is 0 Å². The second-order valence-electron chi connectivity index (χ2n) is 9.64. The topological polar surface area (TPSA) is 173 Å². The van der Waals surface area contributed by atoms with E-state index in [-0.39, 0.29) is 22.8 Å². The van der Waals surface area contributed by atoms with E-state index in [0.717, 1.165) is 12.0 Å². The van der Waals surface area contributed by atoms with Crippen LogP contribution in [0.5, 0.6) is 5.75 Å². The minimum absolute atomic E-state index is 0.0652. The number of likely N-dealkylation sites (N-methyl/N-ethyl adjacent to an activating group) is 1. The van der Waals surface area contributed by atoms with Gasteiger partial charge in [-0.3, -0.25) is 14.7 Å². The molecular weight excluding hydrogens is 554 g/mol. The monoisotopic (exact) mass is 585 g/mol. The number of nitrogens with zero attached hydrogens (tertiary/aromatic N) is 4. The summed E-state index contributed by atoms with van der Waals surface area (Å²) in [4.78, 5) is 38.6. The number of nitrogens with one attached hydrogen (secondary N) is 3. The molecule has 2 aromatic carbocycles. The number of carbonyl (C=O) groups excluding carboxylic acids is 2. The Bertz CT molecular complexity index is 1650. The van der Waals surface area contributed by atoms with E-state index in [4.69, 9.17) is 9.47 Å². The fourth-order valence-corrected chi connectivity index (χ4v) is 4.56. The first-order valence-electron chi connectivity index (χ1n) is 13.7. The van der Waals surface area contributed by atoms with E-state index in [1.165, 1.54) is 10.9 Å². The number of fused-ring (bicyclic) bond motifs is 1. The molecule has 13 nitrogen and oxygen atoms in total. The second-order valence-corrected chi connectivity index (χ2v) is 9.64. The molecule has 0 bridgehead atoms. The highest BCUT2D eigenvalue weighted by Gasteiger charge is 2.47. The van der Waals surface area contributed by atoms with Gasteiger partial charge in [0, 0.05) is 18.7 Å². The molecule has 43 heavy (non-hydrogen) atoms. The molecule has 4 atom stereocenters. The van der Waals surface area contributed by atoms with Gasteiger partial charge >= 0.3 is 6.03 Å². The van der Waals surface area contributed by atoms with Crippen LogP contribution in [0.2, 0.25) is 0 Å². The number of anilines is 2. The summed E-state index contributed by atoms with van der Waals surface area (Å²) in [6.45, 7) is 2.06. The summed E-state index contributed by atoms with van der Waals surface area (Å²) in [5, 5.41) is 29.3. The van der Waals surface area contributed by atoms with E-state index in [1.54, 1.807) is 38.3 Å². The maximum atomic E-state index is 12.9. The van der Waals surface area contributed by atoms with Gasteiger partial charge in [0.25, 0.3) is 5.91 Å². The first-order chi connectivity index (χ1) is 20.9. The molecular formula is C30H31N7O6. The number of ether oxygens (including phenoxy) is 2. The van der Waals surface area contributed by atoms with Gasteiger partial charge in [0.1, 0.15) is 18.0 Å². The predicted octanol–water partition coefficient (Wildman–Crippen LogP) is 2.22. The molecule has 1 aliphatic rings. The van der Waals surface area contributed by atoms with E-state index < -0.39 is 36.5 Å². The van der Waals surface area contributed by atoms with Gasteiger partial charge in [-0.05, 0) is 49.1 Å². The van der Waals surface area contributed by atoms with Crippen LogP contribution in [0.1, 0.15) is 31.0 Å². The van der Waals surface area contributed by atoms with E-state index in [9.17, 15) is 19.8 Å². The van der Waals surface area contributed by atoms with Gasteiger partial charge in [-0.25, -0.2) is 19.7 Å². The van der Waals surface area contributed by atoms with Crippen molar-refractivity contribution in [2.24, 2.45) is 0 Å². The first kappa shape index (κ1) is 29.5. The quantitative estimate of drug-likeness (QED) is 0.194. The van der Waals surface area contributed by atoms with Crippen molar-refractivity contribution in [3.63, 3.8) is 0 Å². The molecule has 0 saturated carbocycles. The molecule has 0 spiro atoms. The molecule has 1 unspecified atom stereocenters. The van der Waals surface area contributed by atoms with Gasteiger partial charge in [0.15, 0.2) is 29.3 Å². The molecule has 4 aromatic rings. The van der Waals surface area contributed by atoms with Crippen molar-refractivity contribution >= 4 is 34.6 Å². The van der Waals surface area contributed by atoms with Crippen molar-refractivity contribution in [3.05, 3.63) is 72.3 Å². The maximum Gasteiger partial charge on any atom is 0.324 e. The van der Waals surface area contributed by atoms with Crippen LogP contribution in [0.15, 0.2) is 60.9 Å². The number of hydrogen-bond donors (Lipinski definition) is 5. The van der Waals surface area contributed by atoms with Gasteiger partial charge in [-0.1, -0.05) is 36.3 Å². The highest BCUT2D eigenvalue weighted by atomic mass is 16.6. The van der Waals surface area contributed by atoms with Gasteiger partial charge in [-0.2, -0.15) is 0 Å². The Hall–Kier alpha value is -5.03. The Morgan fingerprint density at radius 1 is 1.05 bits per heavy atom. The third kappa shape index (κ3) is 6.73. The number of urea groups is 1. The molecule has 5 N–H and O–H groups in total. The summed E-state index contributed by atoms with van der Waals surface area (Å²) in [5.74, 6) is 6.24. The maximum absolute atomic E-state index is 12.9. The number of aromatic nitrogens is 4. The number of hydrogen-bond acceptors (Lipinski definition) is 9. The fourth-order valence-electron chi connectivity index (χ4n) is 4.56. The summed E-state index contributed by atoms with van der Waals surface area (Å²) in [6.07, 6.45) is -2.84. The zero-order chi connectivity index (χ0) is 30.3. The average Bonchev–Trinajstić information content (AvgIpc) is 3.56. The van der Waals surface area contributed by atoms with E-state index in [1.807, 2.05) is 30.3 Å². The van der Waals surface area contributed by atoms with Crippen LogP contribution in [-0.2, 0) is 16.0 Å². The number of carbonyl (C=O) groups is 2. The Morgan fingerprint density at radius 3 is 2.53 bits per heavy atom. The third-order valence-corrected chi connectivity index (χ3v) is 6.70. The van der Waals surface area contributed by atoms with Crippen molar-refractivity contribution < 1.29 is 29.3 Å². The zero-order valence-electron chi connectivity index (χ0n) is 23.5. The van der Waals surface area contributed by atoms with Gasteiger partial charge in [0.05, 0.1) is 13.4 Å². The van der Waals surface area contributed by atoms with Crippen molar-refractivity contribution in [2.75, 3.05) is 24.3 Å². The third-order valence-electron chi connectivity index (χ3n) is 6.70. The summed E-state index contributed by atoms with van der Waals surface area (Å²) < 4.78 is 12.3. The number of aliphatic hydroxyl groups is 2. The number of methoxy groups -OCH3 is 1. The van der Waals surface area contributed by atoms with Gasteiger partial charge in [-0.15, -0.1) is 0 Å². The van der Waals surface area contributed by atoms with E-state index in [2.05, 4.69) is 42.7 Å². The molecule has 1 fully saturated rings. The molecule has 0 aliphatic carbocycles. The van der Waals surface area contributed by atoms with E-state index in [0.29, 0.717) is 24.4 Å². The Balaban J connectivity index is 1.44. The number of amides is 3. The highest BCUT2D eigenvalue weighted by Crippen LogP contribution is 2.32. The Labute approximate surface area is 247 Å². The second kappa shape index (κ2) is 13.3. The van der Waals surface area contributed by atoms with Crippen LogP contribution in [0.4, 0.5) is 16.3 Å². The number of rotatable bonds is 8. The minimum atomic E-state index is -1.49. The molecule has 1 saturated heterocycles. The van der Waals surface area contributed by atoms with Crippen LogP contribution < -0.4 is 20.7 Å². The normalized spacial score (nSPS) is 19.3. The fraction of sp³-hybridized carbons (Fsp3) is 0.300. The van der Waals surface area contributed by atoms with Crippen LogP contribution >= 0.6 is 0 Å². The predicted molar refractivity (Wildman–Crippen MR) is 157 cm³/mol. The van der Waals surface area contributed by atoms with E-state index >= 15 is 0 Å². The standard InChI is InChI=1S/C30H31N7O6/c1-3-31-28(40)25-23(38)24(39)29(43-25)37-17-32-22-26(36-30(41)33-19-13-15-20(42-2)16-14-19)34-21(35-27(22)37)12-8-7-11-18-9-5-4-6-10-18/h4-6,9-10,13-17,23-25,29,38-39H,3,7,11H2,1-2H3,(H,31,40)(H2,33,34,35,36,41)/t23-,24+,25-,29?/m0/s1. The SMILES string of the molecule is CCNC(=O)[C@H]1OC(n2cnc3c(NC(=O)Nc4ccc(OC)cc4)nc(C#CCCc4ccccc4)nc32)[C@H](O)[C@@H]1O. The largest absolute Gasteiger partial charge is 0.497 e. The molecule has 0 radical (unpaired) electrons. The van der Waals surface area contributed by atoms with Crippen LogP contribution in [0.25, 0.3) is 11.2 Å². The van der Waals surface area contributed by atoms with Crippen molar-refractivity contribution in [1.82, 2.24) is 24.8 Å². The van der Waals surface area contributed by atoms with Crippen molar-refractivity contribution in [1.29, 1.82) is 0 Å². The lowest BCUT2D eigenvalue weighted by molar-refractivity contribution is -0.137. The summed E-state index contributed by atoms with van der Waals surface area (Å²) in [7, 11) is 1.55. The molecule has 3 heterocycles. The average molecular weight is 586 g/mol. The first-order valence-corrected chi connectivity index (χ1v) is 13.7. The lowest BCUT2D eigenvalue weighted by Crippen LogP contribution is -2.42. The molecule has 3 amide bonds. The number of aryl methyl sites for hydroxylation is 1. The van der Waals surface area contributed by atoms with Crippen molar-refractivity contribution in [2.45, 2.75) is 44.3 Å². The summed E-state index contributed by atoms with van der Waals surface area (Å²) >= 11 is 0. The number of imidazole rings is 1. The van der Waals surface area contributed by atoms with Gasteiger partial charge in [0.2, 0.25) is 5.82 Å². The smallest absolute Gasteiger partial charge is 0.324 e. The molecule has 13 heteroatoms. The van der Waals surface area contributed by atoms with Gasteiger partial charge < -0.3 is 30.3 Å². The Morgan fingerprint density at radius 2 is 1.81 bits per heavy atom. The molecule has 222 valence electrons.